The molecule has 21 heavy (non-hydrogen) atoms. The summed E-state index contributed by atoms with van der Waals surface area (Å²) in [5, 5.41) is 2.05. The van der Waals surface area contributed by atoms with Crippen LogP contribution >= 0.6 is 11.3 Å². The Labute approximate surface area is 130 Å². The van der Waals surface area contributed by atoms with Gasteiger partial charge >= 0.3 is 0 Å². The maximum Gasteiger partial charge on any atom is 0.193 e. The lowest BCUT2D eigenvalue weighted by molar-refractivity contribution is -0.0926. The fourth-order valence-corrected chi connectivity index (χ4v) is 4.41. The Kier molecular flexibility index (Phi) is 4.33. The second-order valence-electron chi connectivity index (χ2n) is 6.34. The molecule has 3 unspecified atom stereocenters. The molecule has 1 aliphatic rings. The van der Waals surface area contributed by atoms with Crippen LogP contribution in [-0.2, 0) is 11.2 Å². The molecule has 4 nitrogen and oxygen atoms in total. The largest absolute Gasteiger partial charge is 0.374 e. The van der Waals surface area contributed by atoms with E-state index in [1.807, 2.05) is 6.20 Å². The van der Waals surface area contributed by atoms with Crippen molar-refractivity contribution in [1.82, 2.24) is 9.38 Å². The number of fused-ring (bicyclic) bond motifs is 1. The molecular weight excluding hydrogens is 282 g/mol. The molecule has 0 radical (unpaired) electrons. The Morgan fingerprint density at radius 2 is 2.48 bits per heavy atom. The summed E-state index contributed by atoms with van der Waals surface area (Å²) in [6.45, 7) is 5.12. The maximum absolute atomic E-state index is 6.58. The van der Waals surface area contributed by atoms with Gasteiger partial charge in [-0.05, 0) is 25.7 Å². The van der Waals surface area contributed by atoms with Gasteiger partial charge in [0.2, 0.25) is 0 Å². The normalized spacial score (nSPS) is 28.0. The topological polar surface area (TPSA) is 52.5 Å². The average molecular weight is 307 g/mol. The molecule has 1 saturated carbocycles. The first-order chi connectivity index (χ1) is 10.1. The first-order valence-electron chi connectivity index (χ1n) is 7.93. The van der Waals surface area contributed by atoms with Crippen LogP contribution in [0.3, 0.4) is 0 Å². The van der Waals surface area contributed by atoms with Crippen LogP contribution in [0.25, 0.3) is 4.96 Å². The Balaban J connectivity index is 1.77. The molecule has 1 fully saturated rings. The minimum atomic E-state index is -0.163. The summed E-state index contributed by atoms with van der Waals surface area (Å²) in [6, 6.07) is 0.0183. The van der Waals surface area contributed by atoms with E-state index in [0.717, 1.165) is 36.5 Å². The predicted molar refractivity (Wildman–Crippen MR) is 86.7 cm³/mol. The monoisotopic (exact) mass is 307 g/mol. The number of hydrogen-bond donors (Lipinski definition) is 1. The fourth-order valence-electron chi connectivity index (χ4n) is 3.69. The molecule has 2 N–H and O–H groups in total. The van der Waals surface area contributed by atoms with E-state index >= 15 is 0 Å². The maximum atomic E-state index is 6.58. The van der Waals surface area contributed by atoms with Gasteiger partial charge in [0.1, 0.15) is 0 Å². The number of imidazole rings is 1. The van der Waals surface area contributed by atoms with Gasteiger partial charge in [0, 0.05) is 36.8 Å². The third-order valence-electron chi connectivity index (χ3n) is 4.67. The zero-order valence-electron chi connectivity index (χ0n) is 12.9. The number of thiazole rings is 1. The molecule has 0 saturated heterocycles. The molecule has 0 bridgehead atoms. The zero-order valence-corrected chi connectivity index (χ0v) is 13.7. The molecule has 0 aliphatic heterocycles. The molecule has 2 heterocycles. The second kappa shape index (κ2) is 6.07. The van der Waals surface area contributed by atoms with E-state index in [1.54, 1.807) is 11.3 Å². The molecule has 3 atom stereocenters. The Morgan fingerprint density at radius 1 is 1.62 bits per heavy atom. The summed E-state index contributed by atoms with van der Waals surface area (Å²) in [5.74, 6) is 0.696. The highest BCUT2D eigenvalue weighted by molar-refractivity contribution is 7.15. The van der Waals surface area contributed by atoms with Gasteiger partial charge in [-0.1, -0.05) is 19.8 Å². The quantitative estimate of drug-likeness (QED) is 0.922. The van der Waals surface area contributed by atoms with E-state index in [9.17, 15) is 0 Å². The van der Waals surface area contributed by atoms with E-state index in [2.05, 4.69) is 34.8 Å². The van der Waals surface area contributed by atoms with Gasteiger partial charge < -0.3 is 10.5 Å². The first-order valence-corrected chi connectivity index (χ1v) is 8.81. The van der Waals surface area contributed by atoms with E-state index in [4.69, 9.17) is 10.5 Å². The van der Waals surface area contributed by atoms with Crippen molar-refractivity contribution in [2.75, 3.05) is 6.61 Å². The summed E-state index contributed by atoms with van der Waals surface area (Å²) in [4.78, 5) is 5.71. The highest BCUT2D eigenvalue weighted by Gasteiger charge is 2.41. The third kappa shape index (κ3) is 3.00. The molecule has 2 aromatic rings. The molecule has 1 aliphatic carbocycles. The van der Waals surface area contributed by atoms with Crippen LogP contribution in [0.1, 0.15) is 45.2 Å². The zero-order chi connectivity index (χ0) is 14.9. The van der Waals surface area contributed by atoms with Crippen LogP contribution in [0.4, 0.5) is 0 Å². The predicted octanol–water partition coefficient (Wildman–Crippen LogP) is 3.25. The van der Waals surface area contributed by atoms with Crippen LogP contribution in [0.5, 0.6) is 0 Å². The Hall–Kier alpha value is -0.910. The number of nitrogens with two attached hydrogens (primary N) is 1. The van der Waals surface area contributed by atoms with Crippen molar-refractivity contribution < 1.29 is 4.74 Å². The van der Waals surface area contributed by atoms with Crippen molar-refractivity contribution in [3.05, 3.63) is 23.5 Å². The van der Waals surface area contributed by atoms with Gasteiger partial charge in [0.25, 0.3) is 0 Å². The lowest BCUT2D eigenvalue weighted by atomic mass is 9.73. The average Bonchev–Trinajstić information content (AvgIpc) is 2.99. The molecule has 0 spiro atoms. The smallest absolute Gasteiger partial charge is 0.193 e. The van der Waals surface area contributed by atoms with Crippen LogP contribution in [-0.4, -0.2) is 27.6 Å². The lowest BCUT2D eigenvalue weighted by Crippen LogP contribution is -2.53. The van der Waals surface area contributed by atoms with Crippen molar-refractivity contribution in [3.8, 4) is 0 Å². The SMILES string of the molecule is CCOC1(C(N)Cc2cn3ccsc3n2)CCCC(C)C1. The fraction of sp³-hybridized carbons (Fsp3) is 0.688. The van der Waals surface area contributed by atoms with E-state index in [-0.39, 0.29) is 11.6 Å². The second-order valence-corrected chi connectivity index (χ2v) is 7.21. The highest BCUT2D eigenvalue weighted by Crippen LogP contribution is 2.38. The van der Waals surface area contributed by atoms with Crippen molar-refractivity contribution in [3.63, 3.8) is 0 Å². The summed E-state index contributed by atoms with van der Waals surface area (Å²) in [6.07, 6.45) is 9.59. The molecule has 5 heteroatoms. The number of hydrogen-bond acceptors (Lipinski definition) is 4. The van der Waals surface area contributed by atoms with Gasteiger partial charge in [-0.25, -0.2) is 4.98 Å². The van der Waals surface area contributed by atoms with E-state index in [1.165, 1.54) is 12.8 Å². The summed E-state index contributed by atoms with van der Waals surface area (Å²) < 4.78 is 8.25. The van der Waals surface area contributed by atoms with Crippen molar-refractivity contribution >= 4 is 16.3 Å². The van der Waals surface area contributed by atoms with Gasteiger partial charge in [-0.3, -0.25) is 4.40 Å². The first kappa shape index (κ1) is 15.0. The lowest BCUT2D eigenvalue weighted by Gasteiger charge is -2.43. The van der Waals surface area contributed by atoms with Gasteiger partial charge in [-0.2, -0.15) is 0 Å². The van der Waals surface area contributed by atoms with Gasteiger partial charge in [0.05, 0.1) is 11.3 Å². The molecule has 0 aromatic carbocycles. The summed E-state index contributed by atoms with van der Waals surface area (Å²) >= 11 is 1.66. The van der Waals surface area contributed by atoms with E-state index < -0.39 is 0 Å². The number of ether oxygens (including phenoxy) is 1. The minimum absolute atomic E-state index is 0.0183. The number of aromatic nitrogens is 2. The van der Waals surface area contributed by atoms with Crippen molar-refractivity contribution in [1.29, 1.82) is 0 Å². The molecule has 0 amide bonds. The highest BCUT2D eigenvalue weighted by atomic mass is 32.1. The van der Waals surface area contributed by atoms with Crippen LogP contribution < -0.4 is 5.73 Å². The minimum Gasteiger partial charge on any atom is -0.374 e. The third-order valence-corrected chi connectivity index (χ3v) is 5.44. The summed E-state index contributed by atoms with van der Waals surface area (Å²) in [7, 11) is 0. The van der Waals surface area contributed by atoms with Crippen LogP contribution in [0.15, 0.2) is 17.8 Å². The Bertz CT molecular complexity index is 561. The van der Waals surface area contributed by atoms with Gasteiger partial charge in [0.15, 0.2) is 4.96 Å². The molecule has 2 aromatic heterocycles. The standard InChI is InChI=1S/C16H25N3OS/c1-3-20-16(6-4-5-12(2)10-16)14(17)9-13-11-19-7-8-21-15(19)18-13/h7-8,11-12,14H,3-6,9-10,17H2,1-2H3. The van der Waals surface area contributed by atoms with Crippen molar-refractivity contribution in [2.45, 2.75) is 57.6 Å². The van der Waals surface area contributed by atoms with Crippen LogP contribution in [0, 0.1) is 5.92 Å². The molecular formula is C16H25N3OS. The molecule has 116 valence electrons. The van der Waals surface area contributed by atoms with E-state index in [0.29, 0.717) is 5.92 Å². The van der Waals surface area contributed by atoms with Crippen molar-refractivity contribution in [2.24, 2.45) is 11.7 Å². The Morgan fingerprint density at radius 3 is 3.19 bits per heavy atom. The van der Waals surface area contributed by atoms with Gasteiger partial charge in [-0.15, -0.1) is 11.3 Å². The number of nitrogens with zero attached hydrogens (tertiary/aromatic N) is 2. The molecule has 3 rings (SSSR count). The summed E-state index contributed by atoms with van der Waals surface area (Å²) in [5.41, 5.74) is 7.50. The number of rotatable bonds is 5. The van der Waals surface area contributed by atoms with Crippen LogP contribution in [0.2, 0.25) is 0 Å².